The maximum absolute atomic E-state index is 13.1. The molecular formula is C21H26N2O2. The van der Waals surface area contributed by atoms with Gasteiger partial charge in [0, 0.05) is 17.7 Å². The molecule has 0 aromatic heterocycles. The largest absolute Gasteiger partial charge is 0.272 e. The van der Waals surface area contributed by atoms with Crippen LogP contribution in [0.25, 0.3) is 0 Å². The number of carbonyl (C=O) groups excluding carboxylic acids is 2. The number of nitrogens with zero attached hydrogens (tertiary/aromatic N) is 2. The van der Waals surface area contributed by atoms with Gasteiger partial charge < -0.3 is 0 Å². The molecule has 0 fully saturated rings. The molecule has 0 radical (unpaired) electrons. The highest BCUT2D eigenvalue weighted by Gasteiger charge is 2.35. The van der Waals surface area contributed by atoms with Crippen LogP contribution in [0.5, 0.6) is 0 Å². The van der Waals surface area contributed by atoms with Crippen LogP contribution in [-0.2, 0) is 0 Å². The van der Waals surface area contributed by atoms with Crippen LogP contribution in [0.1, 0.15) is 54.0 Å². The molecule has 2 amide bonds. The first-order valence-electron chi connectivity index (χ1n) is 8.53. The van der Waals surface area contributed by atoms with Gasteiger partial charge in [0.05, 0.1) is 5.54 Å². The van der Waals surface area contributed by atoms with Gasteiger partial charge in [0.15, 0.2) is 0 Å². The highest BCUT2D eigenvalue weighted by Crippen LogP contribution is 2.22. The normalized spacial score (nSPS) is 11.1. The summed E-state index contributed by atoms with van der Waals surface area (Å²) in [5, 5.41) is 3.09. The third kappa shape index (κ3) is 4.27. The van der Waals surface area contributed by atoms with E-state index in [9.17, 15) is 9.59 Å². The fourth-order valence-corrected chi connectivity index (χ4v) is 2.70. The Balaban J connectivity index is 2.42. The molecule has 2 aromatic carbocycles. The third-order valence-electron chi connectivity index (χ3n) is 3.92. The predicted molar refractivity (Wildman–Crippen MR) is 100 cm³/mol. The lowest BCUT2D eigenvalue weighted by atomic mass is 10.1. The average molecular weight is 338 g/mol. The Labute approximate surface area is 150 Å². The lowest BCUT2D eigenvalue weighted by Crippen LogP contribution is -2.58. The Kier molecular flexibility index (Phi) is 5.62. The standard InChI is InChI=1S/C21H26N2O2/c1-6-22(19(24)18-14-12-16(2)13-15-18)23(21(3,4)5)20(25)17-10-8-7-9-11-17/h7-15H,6H2,1-5H3. The molecule has 0 N–H and O–H groups in total. The second-order valence-electron chi connectivity index (χ2n) is 7.04. The smallest absolute Gasteiger partial charge is 0.267 e. The fourth-order valence-electron chi connectivity index (χ4n) is 2.70. The van der Waals surface area contributed by atoms with Gasteiger partial charge in [-0.2, -0.15) is 0 Å². The van der Waals surface area contributed by atoms with E-state index in [-0.39, 0.29) is 11.8 Å². The zero-order chi connectivity index (χ0) is 18.6. The molecule has 0 saturated carbocycles. The van der Waals surface area contributed by atoms with E-state index in [2.05, 4.69) is 0 Å². The van der Waals surface area contributed by atoms with Crippen molar-refractivity contribution in [2.24, 2.45) is 0 Å². The minimum Gasteiger partial charge on any atom is -0.267 e. The van der Waals surface area contributed by atoms with Crippen molar-refractivity contribution in [2.75, 3.05) is 6.54 Å². The van der Waals surface area contributed by atoms with Gasteiger partial charge in [-0.15, -0.1) is 0 Å². The number of hydrazine groups is 1. The lowest BCUT2D eigenvalue weighted by molar-refractivity contribution is -0.0410. The molecule has 0 atom stereocenters. The summed E-state index contributed by atoms with van der Waals surface area (Å²) in [6.45, 7) is 10.1. The summed E-state index contributed by atoms with van der Waals surface area (Å²) < 4.78 is 0. The molecule has 2 aromatic rings. The molecule has 25 heavy (non-hydrogen) atoms. The summed E-state index contributed by atoms with van der Waals surface area (Å²) in [6, 6.07) is 16.5. The van der Waals surface area contributed by atoms with Crippen molar-refractivity contribution in [3.05, 3.63) is 71.3 Å². The van der Waals surface area contributed by atoms with E-state index >= 15 is 0 Å². The molecule has 0 aliphatic heterocycles. The van der Waals surface area contributed by atoms with Gasteiger partial charge in [-0.05, 0) is 58.9 Å². The summed E-state index contributed by atoms with van der Waals surface area (Å²) in [4.78, 5) is 26.2. The molecule has 2 rings (SSSR count). The molecule has 4 heteroatoms. The van der Waals surface area contributed by atoms with Crippen LogP contribution in [0.4, 0.5) is 0 Å². The zero-order valence-electron chi connectivity index (χ0n) is 15.6. The second kappa shape index (κ2) is 7.51. The van der Waals surface area contributed by atoms with Crippen LogP contribution in [-0.4, -0.2) is 33.9 Å². The molecule has 0 aliphatic rings. The van der Waals surface area contributed by atoms with E-state index in [0.717, 1.165) is 5.56 Å². The van der Waals surface area contributed by atoms with Crippen LogP contribution < -0.4 is 0 Å². The summed E-state index contributed by atoms with van der Waals surface area (Å²) in [6.07, 6.45) is 0. The first-order valence-corrected chi connectivity index (χ1v) is 8.53. The van der Waals surface area contributed by atoms with Gasteiger partial charge in [-0.25, -0.2) is 10.0 Å². The second-order valence-corrected chi connectivity index (χ2v) is 7.04. The van der Waals surface area contributed by atoms with Crippen LogP contribution in [0, 0.1) is 6.92 Å². The van der Waals surface area contributed by atoms with Crippen LogP contribution in [0.2, 0.25) is 0 Å². The van der Waals surface area contributed by atoms with E-state index in [1.807, 2.05) is 65.0 Å². The molecule has 0 heterocycles. The molecule has 0 unspecified atom stereocenters. The number of aryl methyl sites for hydroxylation is 1. The molecule has 0 aliphatic carbocycles. The van der Waals surface area contributed by atoms with Crippen molar-refractivity contribution < 1.29 is 9.59 Å². The number of benzene rings is 2. The Morgan fingerprint density at radius 3 is 1.84 bits per heavy atom. The van der Waals surface area contributed by atoms with Gasteiger partial charge in [0.1, 0.15) is 0 Å². The Morgan fingerprint density at radius 1 is 0.840 bits per heavy atom. The van der Waals surface area contributed by atoms with Crippen molar-refractivity contribution in [1.29, 1.82) is 0 Å². The Hall–Kier alpha value is -2.62. The summed E-state index contributed by atoms with van der Waals surface area (Å²) in [7, 11) is 0. The third-order valence-corrected chi connectivity index (χ3v) is 3.92. The number of rotatable bonds is 3. The average Bonchev–Trinajstić information content (AvgIpc) is 2.58. The minimum atomic E-state index is -0.538. The first-order chi connectivity index (χ1) is 11.8. The van der Waals surface area contributed by atoms with Crippen LogP contribution >= 0.6 is 0 Å². The van der Waals surface area contributed by atoms with Crippen molar-refractivity contribution in [3.8, 4) is 0 Å². The van der Waals surface area contributed by atoms with Gasteiger partial charge >= 0.3 is 0 Å². The Morgan fingerprint density at radius 2 is 1.36 bits per heavy atom. The highest BCUT2D eigenvalue weighted by molar-refractivity contribution is 5.99. The fraction of sp³-hybridized carbons (Fsp3) is 0.333. The quantitative estimate of drug-likeness (QED) is 0.782. The molecule has 4 nitrogen and oxygen atoms in total. The van der Waals surface area contributed by atoms with Crippen molar-refractivity contribution >= 4 is 11.8 Å². The van der Waals surface area contributed by atoms with Gasteiger partial charge in [-0.3, -0.25) is 9.59 Å². The topological polar surface area (TPSA) is 40.6 Å². The summed E-state index contributed by atoms with van der Waals surface area (Å²) in [5.41, 5.74) is 1.69. The van der Waals surface area contributed by atoms with Crippen LogP contribution in [0.3, 0.4) is 0 Å². The lowest BCUT2D eigenvalue weighted by Gasteiger charge is -2.43. The van der Waals surface area contributed by atoms with Crippen molar-refractivity contribution in [3.63, 3.8) is 0 Å². The van der Waals surface area contributed by atoms with Crippen LogP contribution in [0.15, 0.2) is 54.6 Å². The highest BCUT2D eigenvalue weighted by atomic mass is 16.2. The molecule has 0 saturated heterocycles. The summed E-state index contributed by atoms with van der Waals surface area (Å²) >= 11 is 0. The number of hydrogen-bond acceptors (Lipinski definition) is 2. The minimum absolute atomic E-state index is 0.179. The van der Waals surface area contributed by atoms with Gasteiger partial charge in [0.25, 0.3) is 11.8 Å². The number of carbonyl (C=O) groups is 2. The van der Waals surface area contributed by atoms with E-state index in [1.54, 1.807) is 29.3 Å². The van der Waals surface area contributed by atoms with E-state index in [1.165, 1.54) is 5.01 Å². The predicted octanol–water partition coefficient (Wildman–Crippen LogP) is 4.31. The van der Waals surface area contributed by atoms with Gasteiger partial charge in [0.2, 0.25) is 0 Å². The molecule has 0 bridgehead atoms. The Bertz CT molecular complexity index is 731. The maximum Gasteiger partial charge on any atom is 0.272 e. The van der Waals surface area contributed by atoms with E-state index in [0.29, 0.717) is 17.7 Å². The van der Waals surface area contributed by atoms with E-state index in [4.69, 9.17) is 0 Å². The SMILES string of the molecule is CCN(C(=O)c1ccc(C)cc1)N(C(=O)c1ccccc1)C(C)(C)C. The van der Waals surface area contributed by atoms with Crippen molar-refractivity contribution in [1.82, 2.24) is 10.0 Å². The molecular weight excluding hydrogens is 312 g/mol. The van der Waals surface area contributed by atoms with Gasteiger partial charge in [-0.1, -0.05) is 35.9 Å². The van der Waals surface area contributed by atoms with E-state index < -0.39 is 5.54 Å². The maximum atomic E-state index is 13.1. The number of amides is 2. The summed E-state index contributed by atoms with van der Waals surface area (Å²) in [5.74, 6) is -0.364. The molecule has 0 spiro atoms. The van der Waals surface area contributed by atoms with Crippen molar-refractivity contribution in [2.45, 2.75) is 40.2 Å². The monoisotopic (exact) mass is 338 g/mol. The number of hydrogen-bond donors (Lipinski definition) is 0. The zero-order valence-corrected chi connectivity index (χ0v) is 15.6. The first kappa shape index (κ1) is 18.7. The molecule has 132 valence electrons.